The smallest absolute Gasteiger partial charge is 0.241 e. The fraction of sp³-hybridized carbons (Fsp3) is 0.190. The summed E-state index contributed by atoms with van der Waals surface area (Å²) < 4.78 is 14.1. The number of hydrogen-bond acceptors (Lipinski definition) is 4. The zero-order valence-electron chi connectivity index (χ0n) is 14.4. The van der Waals surface area contributed by atoms with Crippen molar-refractivity contribution < 1.29 is 4.39 Å². The summed E-state index contributed by atoms with van der Waals surface area (Å²) in [6, 6.07) is 16.2. The van der Waals surface area contributed by atoms with E-state index in [9.17, 15) is 4.39 Å². The van der Waals surface area contributed by atoms with Gasteiger partial charge in [0.1, 0.15) is 5.69 Å². The van der Waals surface area contributed by atoms with Crippen LogP contribution in [0.1, 0.15) is 25.3 Å². The van der Waals surface area contributed by atoms with Crippen LogP contribution in [0.2, 0.25) is 0 Å². The minimum absolute atomic E-state index is 0.112. The van der Waals surface area contributed by atoms with Gasteiger partial charge in [0.25, 0.3) is 0 Å². The largest absolute Gasteiger partial charge is 0.247 e. The maximum atomic E-state index is 14.1. The molecule has 3 aromatic rings. The molecule has 0 amide bonds. The van der Waals surface area contributed by atoms with E-state index < -0.39 is 5.95 Å². The highest BCUT2D eigenvalue weighted by molar-refractivity contribution is 7.78. The first-order valence-electron chi connectivity index (χ1n) is 8.51. The molecule has 0 aliphatic rings. The molecule has 1 heterocycles. The number of hydrogen-bond donors (Lipinski definition) is 0. The molecule has 130 valence electrons. The average Bonchev–Trinajstić information content (AvgIpc) is 2.67. The Hall–Kier alpha value is -2.75. The van der Waals surface area contributed by atoms with Gasteiger partial charge in [0.15, 0.2) is 5.82 Å². The van der Waals surface area contributed by atoms with Crippen molar-refractivity contribution in [2.45, 2.75) is 26.2 Å². The molecule has 0 radical (unpaired) electrons. The quantitative estimate of drug-likeness (QED) is 0.397. The molecule has 0 unspecified atom stereocenters. The molecular weight excluding hydrogens is 345 g/mol. The lowest BCUT2D eigenvalue weighted by Crippen LogP contribution is -1.93. The topological polar surface area (TPSA) is 38.1 Å². The third-order valence-corrected chi connectivity index (χ3v) is 4.23. The van der Waals surface area contributed by atoms with Gasteiger partial charge in [-0.3, -0.25) is 0 Å². The number of aryl methyl sites for hydroxylation is 1. The van der Waals surface area contributed by atoms with Gasteiger partial charge >= 0.3 is 0 Å². The van der Waals surface area contributed by atoms with E-state index in [1.165, 1.54) is 24.6 Å². The Morgan fingerprint density at radius 3 is 2.19 bits per heavy atom. The predicted octanol–water partition coefficient (Wildman–Crippen LogP) is 6.03. The van der Waals surface area contributed by atoms with Crippen LogP contribution in [0.3, 0.4) is 0 Å². The predicted molar refractivity (Wildman–Crippen MR) is 106 cm³/mol. The average molecular weight is 363 g/mol. The lowest BCUT2D eigenvalue weighted by Gasteiger charge is -2.06. The number of nitrogens with zero attached hydrogens (tertiary/aromatic N) is 3. The molecule has 0 N–H and O–H groups in total. The zero-order valence-corrected chi connectivity index (χ0v) is 15.3. The molecule has 0 saturated heterocycles. The lowest BCUT2D eigenvalue weighted by atomic mass is 10.00. The normalized spacial score (nSPS) is 10.4. The Labute approximate surface area is 157 Å². The summed E-state index contributed by atoms with van der Waals surface area (Å²) in [5.74, 6) is -0.564. The molecule has 26 heavy (non-hydrogen) atoms. The van der Waals surface area contributed by atoms with Crippen molar-refractivity contribution in [2.75, 3.05) is 0 Å². The second-order valence-electron chi connectivity index (χ2n) is 5.95. The van der Waals surface area contributed by atoms with Gasteiger partial charge in [0.05, 0.1) is 11.4 Å². The number of halogens is 1. The van der Waals surface area contributed by atoms with Gasteiger partial charge in [-0.25, -0.2) is 4.98 Å². The number of isothiocyanates is 1. The van der Waals surface area contributed by atoms with Gasteiger partial charge in [-0.15, -0.1) is 0 Å². The van der Waals surface area contributed by atoms with E-state index in [4.69, 9.17) is 0 Å². The second-order valence-corrected chi connectivity index (χ2v) is 6.13. The number of aliphatic imine (C=N–C) groups is 1. The van der Waals surface area contributed by atoms with Crippen molar-refractivity contribution in [3.63, 3.8) is 0 Å². The molecule has 0 aliphatic carbocycles. The number of aromatic nitrogens is 2. The van der Waals surface area contributed by atoms with Crippen LogP contribution in [0.4, 0.5) is 10.2 Å². The van der Waals surface area contributed by atoms with E-state index in [0.29, 0.717) is 5.56 Å². The Morgan fingerprint density at radius 2 is 1.62 bits per heavy atom. The number of rotatable bonds is 6. The van der Waals surface area contributed by atoms with Crippen LogP contribution in [0.25, 0.3) is 22.4 Å². The van der Waals surface area contributed by atoms with Gasteiger partial charge in [-0.2, -0.15) is 14.4 Å². The molecule has 3 nitrogen and oxygen atoms in total. The third-order valence-electron chi connectivity index (χ3n) is 4.14. The van der Waals surface area contributed by atoms with Crippen LogP contribution in [0.15, 0.2) is 59.7 Å². The summed E-state index contributed by atoms with van der Waals surface area (Å²) >= 11 is 4.49. The van der Waals surface area contributed by atoms with E-state index in [-0.39, 0.29) is 11.5 Å². The molecule has 1 aromatic heterocycles. The Bertz CT molecular complexity index is 930. The second kappa shape index (κ2) is 8.56. The molecule has 0 atom stereocenters. The molecule has 0 spiro atoms. The summed E-state index contributed by atoms with van der Waals surface area (Å²) in [5, 5.41) is 2.15. The fourth-order valence-electron chi connectivity index (χ4n) is 2.72. The van der Waals surface area contributed by atoms with Gasteiger partial charge in [-0.05, 0) is 41.7 Å². The lowest BCUT2D eigenvalue weighted by molar-refractivity contribution is 0.582. The maximum Gasteiger partial charge on any atom is 0.241 e. The SMILES string of the molecule is CCCCc1ccc(-c2ccc(-c3ncc(N=C=S)nc3F)cc2)cc1. The molecule has 3 rings (SSSR count). The van der Waals surface area contributed by atoms with E-state index in [0.717, 1.165) is 17.5 Å². The summed E-state index contributed by atoms with van der Waals surface area (Å²) in [6.45, 7) is 2.20. The fourth-order valence-corrected chi connectivity index (χ4v) is 2.81. The van der Waals surface area contributed by atoms with Crippen molar-refractivity contribution in [1.29, 1.82) is 0 Å². The first-order valence-corrected chi connectivity index (χ1v) is 8.92. The van der Waals surface area contributed by atoms with Crippen LogP contribution in [0, 0.1) is 5.95 Å². The van der Waals surface area contributed by atoms with Crippen molar-refractivity contribution in [3.8, 4) is 22.4 Å². The summed E-state index contributed by atoms with van der Waals surface area (Å²) in [4.78, 5) is 11.5. The van der Waals surface area contributed by atoms with Crippen LogP contribution < -0.4 is 0 Å². The first kappa shape index (κ1) is 18.1. The van der Waals surface area contributed by atoms with E-state index in [2.05, 4.69) is 63.5 Å². The number of unbranched alkanes of at least 4 members (excludes halogenated alkanes) is 1. The molecule has 0 bridgehead atoms. The standard InChI is InChI=1S/C21H18FN3S/c1-2-3-4-15-5-7-16(8-6-15)17-9-11-18(12-10-17)20-21(22)25-19(13-23-20)24-14-26/h5-13H,2-4H2,1H3. The summed E-state index contributed by atoms with van der Waals surface area (Å²) in [6.07, 6.45) is 4.88. The van der Waals surface area contributed by atoms with E-state index in [1.54, 1.807) is 0 Å². The van der Waals surface area contributed by atoms with Crippen LogP contribution in [0.5, 0.6) is 0 Å². The van der Waals surface area contributed by atoms with Crippen molar-refractivity contribution in [1.82, 2.24) is 9.97 Å². The van der Waals surface area contributed by atoms with Gasteiger partial charge in [0, 0.05) is 5.56 Å². The minimum Gasteiger partial charge on any atom is -0.247 e. The minimum atomic E-state index is -0.676. The van der Waals surface area contributed by atoms with Crippen LogP contribution in [-0.4, -0.2) is 15.1 Å². The van der Waals surface area contributed by atoms with E-state index in [1.807, 2.05) is 24.3 Å². The molecule has 0 saturated carbocycles. The maximum absolute atomic E-state index is 14.1. The molecular formula is C21H18FN3S. The highest BCUT2D eigenvalue weighted by Gasteiger charge is 2.10. The van der Waals surface area contributed by atoms with E-state index >= 15 is 0 Å². The summed E-state index contributed by atoms with van der Waals surface area (Å²) in [5.41, 5.74) is 4.41. The Morgan fingerprint density at radius 1 is 1.00 bits per heavy atom. The Balaban J connectivity index is 1.81. The van der Waals surface area contributed by atoms with Crippen LogP contribution in [-0.2, 0) is 6.42 Å². The van der Waals surface area contributed by atoms with Gasteiger partial charge in [-0.1, -0.05) is 61.9 Å². The van der Waals surface area contributed by atoms with Crippen molar-refractivity contribution in [3.05, 3.63) is 66.2 Å². The highest BCUT2D eigenvalue weighted by Crippen LogP contribution is 2.26. The third kappa shape index (κ3) is 4.26. The number of benzene rings is 2. The first-order chi connectivity index (χ1) is 12.7. The van der Waals surface area contributed by atoms with Crippen LogP contribution >= 0.6 is 12.2 Å². The molecule has 0 fully saturated rings. The summed E-state index contributed by atoms with van der Waals surface area (Å²) in [7, 11) is 0. The monoisotopic (exact) mass is 363 g/mol. The van der Waals surface area contributed by atoms with Crippen molar-refractivity contribution in [2.24, 2.45) is 4.99 Å². The van der Waals surface area contributed by atoms with Crippen molar-refractivity contribution >= 4 is 23.2 Å². The van der Waals surface area contributed by atoms with Gasteiger partial charge in [0.2, 0.25) is 5.95 Å². The number of thiocarbonyl (C=S) groups is 1. The van der Waals surface area contributed by atoms with Gasteiger partial charge < -0.3 is 0 Å². The molecule has 5 heteroatoms. The molecule has 2 aromatic carbocycles. The Kier molecular flexibility index (Phi) is 5.95. The highest BCUT2D eigenvalue weighted by atomic mass is 32.1. The zero-order chi connectivity index (χ0) is 18.4. The molecule has 0 aliphatic heterocycles.